The predicted octanol–water partition coefficient (Wildman–Crippen LogP) is 10.9. The molecule has 1 aromatic heterocycles. The molecule has 0 bridgehead atoms. The van der Waals surface area contributed by atoms with E-state index in [-0.39, 0.29) is 19.0 Å². The van der Waals surface area contributed by atoms with Crippen molar-refractivity contribution in [2.45, 2.75) is 51.9 Å². The molecule has 6 aromatic rings. The van der Waals surface area contributed by atoms with Gasteiger partial charge in [-0.05, 0) is 52.9 Å². The van der Waals surface area contributed by atoms with Crippen molar-refractivity contribution in [3.63, 3.8) is 0 Å². The van der Waals surface area contributed by atoms with Crippen molar-refractivity contribution < 1.29 is 14.3 Å². The summed E-state index contributed by atoms with van der Waals surface area (Å²) >= 11 is 0. The number of nitrogens with zero attached hydrogens (tertiary/aromatic N) is 3. The number of carbonyl (C=O) groups is 1. The van der Waals surface area contributed by atoms with E-state index < -0.39 is 0 Å². The number of esters is 1. The van der Waals surface area contributed by atoms with Gasteiger partial charge in [0.1, 0.15) is 5.75 Å². The Morgan fingerprint density at radius 1 is 0.460 bits per heavy atom. The first-order valence-corrected chi connectivity index (χ1v) is 17.6. The lowest BCUT2D eigenvalue weighted by atomic mass is 10.0. The van der Waals surface area contributed by atoms with E-state index in [0.29, 0.717) is 29.8 Å². The van der Waals surface area contributed by atoms with Gasteiger partial charge in [0.05, 0.1) is 19.6 Å². The van der Waals surface area contributed by atoms with Crippen molar-refractivity contribution >= 4 is 5.97 Å². The van der Waals surface area contributed by atoms with Crippen LogP contribution in [0.2, 0.25) is 0 Å². The molecule has 0 atom stereocenters. The summed E-state index contributed by atoms with van der Waals surface area (Å²) in [5.41, 5.74) is 7.20. The molecule has 0 radical (unpaired) electrons. The highest BCUT2D eigenvalue weighted by atomic mass is 16.5. The number of hydrogen-bond donors (Lipinski definition) is 0. The quantitative estimate of drug-likeness (QED) is 0.0759. The Morgan fingerprint density at radius 2 is 0.860 bits per heavy atom. The zero-order valence-corrected chi connectivity index (χ0v) is 28.6. The minimum Gasteiger partial charge on any atom is -0.493 e. The predicted molar refractivity (Wildman–Crippen MR) is 201 cm³/mol. The molecule has 0 N–H and O–H groups in total. The maximum absolute atomic E-state index is 12.2. The van der Waals surface area contributed by atoms with Crippen LogP contribution < -0.4 is 4.74 Å². The van der Waals surface area contributed by atoms with E-state index in [4.69, 9.17) is 24.4 Å². The molecule has 5 aromatic carbocycles. The van der Waals surface area contributed by atoms with Crippen LogP contribution in [0.15, 0.2) is 133 Å². The number of aromatic nitrogens is 3. The second-order valence-corrected chi connectivity index (χ2v) is 12.3. The molecule has 0 fully saturated rings. The monoisotopic (exact) mass is 661 g/mol. The van der Waals surface area contributed by atoms with Crippen LogP contribution in [0.3, 0.4) is 0 Å². The molecule has 0 spiro atoms. The molecule has 0 saturated carbocycles. The van der Waals surface area contributed by atoms with Gasteiger partial charge in [0, 0.05) is 16.7 Å². The Labute approximate surface area is 295 Å². The minimum absolute atomic E-state index is 0.212. The lowest BCUT2D eigenvalue weighted by Gasteiger charge is -2.11. The smallest absolute Gasteiger partial charge is 0.309 e. The van der Waals surface area contributed by atoms with E-state index in [2.05, 4.69) is 79.7 Å². The van der Waals surface area contributed by atoms with Gasteiger partial charge in [0.15, 0.2) is 17.5 Å². The van der Waals surface area contributed by atoms with Gasteiger partial charge in [0.2, 0.25) is 0 Å². The number of benzene rings is 5. The SMILES string of the molecule is CCCCCCCCOC(=O)CCOc1ccc(-c2nc(-c3ccc(-c4ccccc4)cc3)nc(-c3ccc(-c4ccccc4)cc3)n2)cc1. The average molecular weight is 662 g/mol. The maximum Gasteiger partial charge on any atom is 0.309 e. The normalized spacial score (nSPS) is 10.9. The van der Waals surface area contributed by atoms with Gasteiger partial charge in [0.25, 0.3) is 0 Å². The largest absolute Gasteiger partial charge is 0.493 e. The summed E-state index contributed by atoms with van der Waals surface area (Å²) in [6, 6.07) is 44.8. The number of rotatable bonds is 16. The Kier molecular flexibility index (Phi) is 12.1. The lowest BCUT2D eigenvalue weighted by Crippen LogP contribution is -2.10. The summed E-state index contributed by atoms with van der Waals surface area (Å²) in [5, 5.41) is 0. The van der Waals surface area contributed by atoms with Gasteiger partial charge >= 0.3 is 5.97 Å². The Hall–Kier alpha value is -5.62. The standard InChI is InChI=1S/C44H43N3O3/c1-2-3-4-5-6-13-31-50-41(48)30-32-49-40-28-26-39(27-29-40)44-46-42(37-22-18-35(19-23-37)33-14-9-7-10-15-33)45-43(47-44)38-24-20-36(21-25-38)34-16-11-8-12-17-34/h7-12,14-29H,2-6,13,30-32H2,1H3. The highest BCUT2D eigenvalue weighted by Crippen LogP contribution is 2.29. The van der Waals surface area contributed by atoms with E-state index in [1.165, 1.54) is 25.7 Å². The van der Waals surface area contributed by atoms with Crippen molar-refractivity contribution in [3.8, 4) is 62.2 Å². The first-order chi connectivity index (χ1) is 24.7. The Bertz CT molecular complexity index is 1830. The number of unbranched alkanes of at least 4 members (excludes halogenated alkanes) is 5. The molecule has 0 unspecified atom stereocenters. The van der Waals surface area contributed by atoms with Crippen molar-refractivity contribution in [2.75, 3.05) is 13.2 Å². The first-order valence-electron chi connectivity index (χ1n) is 17.6. The van der Waals surface area contributed by atoms with Gasteiger partial charge in [-0.25, -0.2) is 15.0 Å². The van der Waals surface area contributed by atoms with Crippen molar-refractivity contribution in [3.05, 3.63) is 133 Å². The van der Waals surface area contributed by atoms with Crippen LogP contribution in [-0.2, 0) is 9.53 Å². The Balaban J connectivity index is 1.17. The summed E-state index contributed by atoms with van der Waals surface area (Å²) < 4.78 is 11.2. The number of ether oxygens (including phenoxy) is 2. The fourth-order valence-electron chi connectivity index (χ4n) is 5.74. The summed E-state index contributed by atoms with van der Waals surface area (Å²) in [7, 11) is 0. The maximum atomic E-state index is 12.2. The van der Waals surface area contributed by atoms with Gasteiger partial charge in [-0.3, -0.25) is 4.79 Å². The third kappa shape index (κ3) is 9.50. The fraction of sp³-hybridized carbons (Fsp3) is 0.227. The van der Waals surface area contributed by atoms with Crippen molar-refractivity contribution in [1.29, 1.82) is 0 Å². The van der Waals surface area contributed by atoms with E-state index >= 15 is 0 Å². The summed E-state index contributed by atoms with van der Waals surface area (Å²) in [4.78, 5) is 26.9. The second kappa shape index (κ2) is 17.7. The molecule has 0 aliphatic carbocycles. The van der Waals surface area contributed by atoms with Crippen molar-refractivity contribution in [1.82, 2.24) is 15.0 Å². The van der Waals surface area contributed by atoms with E-state index in [0.717, 1.165) is 51.8 Å². The van der Waals surface area contributed by atoms with Crippen molar-refractivity contribution in [2.24, 2.45) is 0 Å². The molecule has 252 valence electrons. The molecule has 1 heterocycles. The molecule has 0 amide bonds. The molecule has 0 aliphatic heterocycles. The van der Waals surface area contributed by atoms with Gasteiger partial charge < -0.3 is 9.47 Å². The molecule has 6 nitrogen and oxygen atoms in total. The van der Waals surface area contributed by atoms with Gasteiger partial charge in [-0.1, -0.05) is 148 Å². The van der Waals surface area contributed by atoms with Crippen LogP contribution >= 0.6 is 0 Å². The second-order valence-electron chi connectivity index (χ2n) is 12.3. The minimum atomic E-state index is -0.228. The molecular weight excluding hydrogens is 619 g/mol. The zero-order valence-electron chi connectivity index (χ0n) is 28.6. The highest BCUT2D eigenvalue weighted by Gasteiger charge is 2.14. The van der Waals surface area contributed by atoms with Crippen LogP contribution in [0.1, 0.15) is 51.9 Å². The summed E-state index contributed by atoms with van der Waals surface area (Å²) in [5.74, 6) is 2.19. The number of hydrogen-bond acceptors (Lipinski definition) is 6. The van der Waals surface area contributed by atoms with Crippen LogP contribution in [0.4, 0.5) is 0 Å². The van der Waals surface area contributed by atoms with Crippen LogP contribution in [0.5, 0.6) is 5.75 Å². The summed E-state index contributed by atoms with van der Waals surface area (Å²) in [6.45, 7) is 2.94. The third-order valence-corrected chi connectivity index (χ3v) is 8.58. The zero-order chi connectivity index (χ0) is 34.4. The van der Waals surface area contributed by atoms with Gasteiger partial charge in [-0.15, -0.1) is 0 Å². The molecule has 0 saturated heterocycles. The topological polar surface area (TPSA) is 74.2 Å². The molecule has 6 rings (SSSR count). The lowest BCUT2D eigenvalue weighted by molar-refractivity contribution is -0.144. The average Bonchev–Trinajstić information content (AvgIpc) is 3.18. The molecule has 0 aliphatic rings. The molecule has 6 heteroatoms. The van der Waals surface area contributed by atoms with Gasteiger partial charge in [-0.2, -0.15) is 0 Å². The molecule has 50 heavy (non-hydrogen) atoms. The highest BCUT2D eigenvalue weighted by molar-refractivity contribution is 5.72. The first kappa shape index (κ1) is 34.3. The Morgan fingerprint density at radius 3 is 1.34 bits per heavy atom. The third-order valence-electron chi connectivity index (χ3n) is 8.58. The molecular formula is C44H43N3O3. The van der Waals surface area contributed by atoms with Crippen LogP contribution in [0, 0.1) is 0 Å². The van der Waals surface area contributed by atoms with E-state index in [9.17, 15) is 4.79 Å². The van der Waals surface area contributed by atoms with E-state index in [1.807, 2.05) is 60.7 Å². The summed E-state index contributed by atoms with van der Waals surface area (Å²) in [6.07, 6.45) is 7.16. The van der Waals surface area contributed by atoms with E-state index in [1.54, 1.807) is 0 Å². The van der Waals surface area contributed by atoms with Crippen LogP contribution in [0.25, 0.3) is 56.4 Å². The fourth-order valence-corrected chi connectivity index (χ4v) is 5.74. The van der Waals surface area contributed by atoms with Crippen LogP contribution in [-0.4, -0.2) is 34.1 Å². The number of carbonyl (C=O) groups excluding carboxylic acids is 1.